The summed E-state index contributed by atoms with van der Waals surface area (Å²) in [6.07, 6.45) is -0.593. The molecule has 0 atom stereocenters. The first-order valence-electron chi connectivity index (χ1n) is 16.4. The highest BCUT2D eigenvalue weighted by molar-refractivity contribution is 7.91. The molecule has 0 aliphatic rings. The van der Waals surface area contributed by atoms with E-state index in [0.717, 1.165) is 38.5 Å². The predicted octanol–water partition coefficient (Wildman–Crippen LogP) is 9.65. The molecular weight excluding hydrogens is 701 g/mol. The predicted molar refractivity (Wildman–Crippen MR) is 169 cm³/mol. The zero-order valence-corrected chi connectivity index (χ0v) is 29.7. The normalized spacial score (nSPS) is 13.3. The second-order valence-corrected chi connectivity index (χ2v) is 18.3. The van der Waals surface area contributed by atoms with Crippen LogP contribution in [0.1, 0.15) is 128 Å². The maximum Gasteiger partial charge on any atom is 0.438 e. The van der Waals surface area contributed by atoms with Gasteiger partial charge in [0.2, 0.25) is 0 Å². The number of sulfone groups is 2. The minimum Gasteiger partial charge on any atom is -0.472 e. The van der Waals surface area contributed by atoms with Gasteiger partial charge in [0.1, 0.15) is 19.7 Å². The third-order valence-corrected chi connectivity index (χ3v) is 12.4. The van der Waals surface area contributed by atoms with Gasteiger partial charge in [-0.15, -0.1) is 0 Å². The monoisotopic (exact) mass is 754 g/mol. The Morgan fingerprint density at radius 3 is 1.02 bits per heavy atom. The molecule has 0 fully saturated rings. The highest BCUT2D eigenvalue weighted by Gasteiger charge is 2.35. The fraction of sp³-hybridized carbons (Fsp3) is 0.966. The molecule has 0 aromatic rings. The van der Waals surface area contributed by atoms with Gasteiger partial charge in [0, 0.05) is 12.8 Å². The lowest BCUT2D eigenvalue weighted by Crippen LogP contribution is -2.15. The Hall–Kier alpha value is -0.900. The summed E-state index contributed by atoms with van der Waals surface area (Å²) < 4.78 is 144. The van der Waals surface area contributed by atoms with E-state index in [1.54, 1.807) is 0 Å². The molecule has 1 N–H and O–H groups in total. The molecule has 0 saturated carbocycles. The van der Waals surface area contributed by atoms with Crippen LogP contribution >= 0.6 is 7.60 Å². The van der Waals surface area contributed by atoms with Crippen molar-refractivity contribution >= 4 is 33.0 Å². The van der Waals surface area contributed by atoms with Gasteiger partial charge >= 0.3 is 25.7 Å². The number of carboxylic acid groups (broad SMARTS) is 1. The van der Waals surface area contributed by atoms with Gasteiger partial charge in [-0.1, -0.05) is 77.0 Å². The molecule has 0 unspecified atom stereocenters. The van der Waals surface area contributed by atoms with Crippen LogP contribution in [0.4, 0.5) is 31.1 Å². The number of alkyl halides is 6. The van der Waals surface area contributed by atoms with Gasteiger partial charge < -0.3 is 14.2 Å². The minimum absolute atomic E-state index is 0.0888. The average molecular weight is 755 g/mol. The standard InChI is InChI=1S/C29H53F6O9PS2/c30-28(31,32)19-13-9-5-1-3-7-11-15-23-46(39,40)25-17-21-43-45(38,27(36)37)44-22-18-26-47(41,42)24-16-12-8-4-2-6-10-14-20-29(33,34)35/h1-26H2,(H,36,37). The molecule has 0 saturated heterocycles. The lowest BCUT2D eigenvalue weighted by atomic mass is 10.1. The first-order chi connectivity index (χ1) is 21.8. The molecule has 0 radical (unpaired) electrons. The van der Waals surface area contributed by atoms with Crippen molar-refractivity contribution < 1.29 is 66.7 Å². The Morgan fingerprint density at radius 2 is 0.745 bits per heavy atom. The van der Waals surface area contributed by atoms with Crippen molar-refractivity contribution in [3.8, 4) is 0 Å². The van der Waals surface area contributed by atoms with E-state index in [9.17, 15) is 57.6 Å². The van der Waals surface area contributed by atoms with Crippen LogP contribution in [-0.4, -0.2) is 76.2 Å². The molecule has 18 heteroatoms. The Balaban J connectivity index is 4.04. The molecule has 9 nitrogen and oxygen atoms in total. The molecular formula is C29H53F6O9PS2. The average Bonchev–Trinajstić information content (AvgIpc) is 2.94. The van der Waals surface area contributed by atoms with E-state index in [1.165, 1.54) is 0 Å². The van der Waals surface area contributed by atoms with Crippen molar-refractivity contribution in [2.24, 2.45) is 0 Å². The van der Waals surface area contributed by atoms with E-state index in [2.05, 4.69) is 0 Å². The van der Waals surface area contributed by atoms with Gasteiger partial charge in [-0.25, -0.2) is 26.2 Å². The highest BCUT2D eigenvalue weighted by Crippen LogP contribution is 2.49. The van der Waals surface area contributed by atoms with Crippen LogP contribution in [0.15, 0.2) is 0 Å². The molecule has 0 rings (SSSR count). The summed E-state index contributed by atoms with van der Waals surface area (Å²) >= 11 is 0. The largest absolute Gasteiger partial charge is 0.472 e. The fourth-order valence-corrected chi connectivity index (χ4v) is 8.54. The van der Waals surface area contributed by atoms with Gasteiger partial charge in [0.05, 0.1) is 36.2 Å². The van der Waals surface area contributed by atoms with Crippen molar-refractivity contribution in [2.45, 2.75) is 141 Å². The van der Waals surface area contributed by atoms with Crippen LogP contribution in [0.3, 0.4) is 0 Å². The third-order valence-electron chi connectivity index (χ3n) is 7.29. The van der Waals surface area contributed by atoms with E-state index >= 15 is 0 Å². The Morgan fingerprint density at radius 1 is 0.489 bits per heavy atom. The smallest absolute Gasteiger partial charge is 0.438 e. The number of hydrogen-bond donors (Lipinski definition) is 1. The molecule has 0 heterocycles. The van der Waals surface area contributed by atoms with Crippen molar-refractivity contribution in [3.05, 3.63) is 0 Å². The zero-order valence-electron chi connectivity index (χ0n) is 27.1. The zero-order chi connectivity index (χ0) is 35.9. The number of carbonyl (C=O) groups is 1. The van der Waals surface area contributed by atoms with Gasteiger partial charge in [0.25, 0.3) is 0 Å². The Labute approximate surface area is 276 Å². The summed E-state index contributed by atoms with van der Waals surface area (Å²) in [4.78, 5) is 11.4. The second-order valence-electron chi connectivity index (χ2n) is 11.8. The Kier molecular flexibility index (Phi) is 23.8. The molecule has 0 amide bonds. The van der Waals surface area contributed by atoms with Crippen molar-refractivity contribution in [1.29, 1.82) is 0 Å². The Bertz CT molecular complexity index is 1020. The lowest BCUT2D eigenvalue weighted by molar-refractivity contribution is -0.136. The van der Waals surface area contributed by atoms with Gasteiger partial charge in [-0.05, 0) is 38.5 Å². The maximum atomic E-state index is 12.5. The maximum absolute atomic E-state index is 12.5. The van der Waals surface area contributed by atoms with E-state index in [4.69, 9.17) is 9.05 Å². The van der Waals surface area contributed by atoms with E-state index in [-0.39, 0.29) is 48.7 Å². The third kappa shape index (κ3) is 29.7. The summed E-state index contributed by atoms with van der Waals surface area (Å²) in [7, 11) is -11.6. The molecule has 282 valence electrons. The summed E-state index contributed by atoms with van der Waals surface area (Å²) in [6, 6.07) is 0. The number of hydrogen-bond acceptors (Lipinski definition) is 8. The fourth-order valence-electron chi connectivity index (χ4n) is 4.70. The highest BCUT2D eigenvalue weighted by atomic mass is 32.2. The van der Waals surface area contributed by atoms with E-state index < -0.39 is 71.4 Å². The summed E-state index contributed by atoms with van der Waals surface area (Å²) in [5.41, 5.74) is -1.87. The van der Waals surface area contributed by atoms with Crippen molar-refractivity contribution in [1.82, 2.24) is 0 Å². The van der Waals surface area contributed by atoms with Crippen LogP contribution in [0, 0.1) is 0 Å². The number of halogens is 6. The number of rotatable bonds is 31. The van der Waals surface area contributed by atoms with Crippen LogP contribution in [-0.2, 0) is 33.3 Å². The van der Waals surface area contributed by atoms with Crippen LogP contribution in [0.2, 0.25) is 0 Å². The first kappa shape index (κ1) is 46.1. The number of unbranched alkanes of at least 4 members (excludes halogenated alkanes) is 14. The summed E-state index contributed by atoms with van der Waals surface area (Å²) in [5, 5.41) is 9.27. The van der Waals surface area contributed by atoms with Gasteiger partial charge in [-0.3, -0.25) is 0 Å². The lowest BCUT2D eigenvalue weighted by Gasteiger charge is -2.14. The summed E-state index contributed by atoms with van der Waals surface area (Å²) in [6.45, 7) is -0.911. The van der Waals surface area contributed by atoms with Crippen molar-refractivity contribution in [2.75, 3.05) is 36.2 Å². The quantitative estimate of drug-likeness (QED) is 0.0416. The molecule has 47 heavy (non-hydrogen) atoms. The topological polar surface area (TPSA) is 141 Å². The van der Waals surface area contributed by atoms with Gasteiger partial charge in [-0.2, -0.15) is 26.3 Å². The summed E-state index contributed by atoms with van der Waals surface area (Å²) in [5.74, 6) is -0.805. The second kappa shape index (κ2) is 24.3. The van der Waals surface area contributed by atoms with Crippen LogP contribution in [0.5, 0.6) is 0 Å². The van der Waals surface area contributed by atoms with E-state index in [1.807, 2.05) is 0 Å². The molecule has 0 spiro atoms. The van der Waals surface area contributed by atoms with Crippen molar-refractivity contribution in [3.63, 3.8) is 0 Å². The van der Waals surface area contributed by atoms with E-state index in [0.29, 0.717) is 51.4 Å². The molecule has 0 aromatic carbocycles. The molecule has 0 aliphatic carbocycles. The van der Waals surface area contributed by atoms with Gasteiger partial charge in [0.15, 0.2) is 0 Å². The first-order valence-corrected chi connectivity index (χ1v) is 21.6. The SMILES string of the molecule is O=C(O)P(=O)(OCCCS(=O)(=O)CCCCCCCCCCC(F)(F)F)OCCCS(=O)(=O)CCCCCCCCCCC(F)(F)F. The molecule has 0 aliphatic heterocycles. The van der Waals surface area contributed by atoms with Crippen LogP contribution < -0.4 is 0 Å². The van der Waals surface area contributed by atoms with Crippen LogP contribution in [0.25, 0.3) is 0 Å². The molecule has 0 bridgehead atoms. The minimum atomic E-state index is -4.64. The molecule has 0 aromatic heterocycles.